The number of hydrogen-bond acceptors (Lipinski definition) is 2. The summed E-state index contributed by atoms with van der Waals surface area (Å²) < 4.78 is 14.5. The third kappa shape index (κ3) is 2.79. The molecule has 2 aromatic rings. The van der Waals surface area contributed by atoms with Crippen molar-refractivity contribution >= 4 is 6.29 Å². The topological polar surface area (TPSA) is 42.2 Å². The molecule has 0 fully saturated rings. The number of aliphatic hydroxyl groups is 1. The standard InChI is InChI=1S/C13H12FNO2/c14-12-3-1-10(2-4-12)11-5-6-15(7-11)8-13(17)9-16/h1-7,9,13,17H,8H2/t13-/m0/s1. The van der Waals surface area contributed by atoms with Crippen LogP contribution in [0.5, 0.6) is 0 Å². The van der Waals surface area contributed by atoms with Crippen LogP contribution in [0.15, 0.2) is 42.7 Å². The van der Waals surface area contributed by atoms with Crippen LogP contribution < -0.4 is 0 Å². The Morgan fingerprint density at radius 3 is 2.59 bits per heavy atom. The second-order valence-corrected chi connectivity index (χ2v) is 3.81. The maximum atomic E-state index is 12.7. The van der Waals surface area contributed by atoms with Crippen LogP contribution in [0.4, 0.5) is 4.39 Å². The fraction of sp³-hybridized carbons (Fsp3) is 0.154. The monoisotopic (exact) mass is 233 g/mol. The van der Waals surface area contributed by atoms with E-state index in [0.717, 1.165) is 11.1 Å². The van der Waals surface area contributed by atoms with E-state index in [-0.39, 0.29) is 12.4 Å². The summed E-state index contributed by atoms with van der Waals surface area (Å²) in [6.07, 6.45) is 3.08. The van der Waals surface area contributed by atoms with Gasteiger partial charge in [0.1, 0.15) is 18.2 Å². The highest BCUT2D eigenvalue weighted by atomic mass is 19.1. The molecule has 1 aromatic heterocycles. The maximum absolute atomic E-state index is 12.7. The molecule has 4 heteroatoms. The predicted molar refractivity (Wildman–Crippen MR) is 61.9 cm³/mol. The minimum Gasteiger partial charge on any atom is -0.384 e. The van der Waals surface area contributed by atoms with Crippen molar-refractivity contribution in [1.29, 1.82) is 0 Å². The third-order valence-corrected chi connectivity index (χ3v) is 2.48. The lowest BCUT2D eigenvalue weighted by molar-refractivity contribution is -0.115. The van der Waals surface area contributed by atoms with Crippen molar-refractivity contribution in [1.82, 2.24) is 4.57 Å². The van der Waals surface area contributed by atoms with Crippen molar-refractivity contribution in [2.45, 2.75) is 12.6 Å². The lowest BCUT2D eigenvalue weighted by atomic mass is 10.1. The quantitative estimate of drug-likeness (QED) is 0.819. The Hall–Kier alpha value is -1.94. The molecule has 1 N–H and O–H groups in total. The van der Waals surface area contributed by atoms with E-state index in [2.05, 4.69) is 0 Å². The number of aldehydes is 1. The lowest BCUT2D eigenvalue weighted by Crippen LogP contribution is -2.15. The van der Waals surface area contributed by atoms with Crippen LogP contribution in [-0.4, -0.2) is 22.1 Å². The Morgan fingerprint density at radius 2 is 1.94 bits per heavy atom. The van der Waals surface area contributed by atoms with Gasteiger partial charge in [-0.1, -0.05) is 12.1 Å². The van der Waals surface area contributed by atoms with Crippen molar-refractivity contribution < 1.29 is 14.3 Å². The second kappa shape index (κ2) is 4.93. The summed E-state index contributed by atoms with van der Waals surface area (Å²) in [5.74, 6) is -0.274. The predicted octanol–water partition coefficient (Wildman–Crippen LogP) is 1.85. The van der Waals surface area contributed by atoms with Crippen molar-refractivity contribution in [3.05, 3.63) is 48.5 Å². The van der Waals surface area contributed by atoms with Crippen LogP contribution in [0, 0.1) is 5.82 Å². The van der Waals surface area contributed by atoms with E-state index >= 15 is 0 Å². The zero-order valence-corrected chi connectivity index (χ0v) is 9.08. The normalized spacial score (nSPS) is 12.4. The van der Waals surface area contributed by atoms with E-state index in [0.29, 0.717) is 6.29 Å². The van der Waals surface area contributed by atoms with Crippen molar-refractivity contribution in [2.24, 2.45) is 0 Å². The molecule has 0 amide bonds. The Balaban J connectivity index is 2.17. The van der Waals surface area contributed by atoms with Crippen LogP contribution >= 0.6 is 0 Å². The van der Waals surface area contributed by atoms with Crippen LogP contribution in [0.3, 0.4) is 0 Å². The molecule has 0 unspecified atom stereocenters. The molecule has 1 atom stereocenters. The Kier molecular flexibility index (Phi) is 3.35. The van der Waals surface area contributed by atoms with Gasteiger partial charge in [-0.2, -0.15) is 0 Å². The van der Waals surface area contributed by atoms with E-state index in [4.69, 9.17) is 0 Å². The molecule has 1 heterocycles. The fourth-order valence-electron chi connectivity index (χ4n) is 1.63. The minimum absolute atomic E-state index is 0.227. The number of rotatable bonds is 4. The molecule has 88 valence electrons. The molecular weight excluding hydrogens is 221 g/mol. The van der Waals surface area contributed by atoms with E-state index < -0.39 is 6.10 Å². The summed E-state index contributed by atoms with van der Waals surface area (Å²) >= 11 is 0. The average molecular weight is 233 g/mol. The molecule has 1 aromatic carbocycles. The summed E-state index contributed by atoms with van der Waals surface area (Å²) in [6.45, 7) is 0.227. The van der Waals surface area contributed by atoms with Gasteiger partial charge in [-0.3, -0.25) is 0 Å². The highest BCUT2D eigenvalue weighted by molar-refractivity contribution is 5.62. The summed E-state index contributed by atoms with van der Waals surface area (Å²) in [5.41, 5.74) is 1.81. The average Bonchev–Trinajstić information content (AvgIpc) is 2.78. The first-order valence-electron chi connectivity index (χ1n) is 5.24. The van der Waals surface area contributed by atoms with Gasteiger partial charge in [0, 0.05) is 12.4 Å². The molecule has 17 heavy (non-hydrogen) atoms. The van der Waals surface area contributed by atoms with E-state index in [9.17, 15) is 14.3 Å². The smallest absolute Gasteiger partial charge is 0.150 e. The van der Waals surface area contributed by atoms with Crippen LogP contribution in [-0.2, 0) is 11.3 Å². The van der Waals surface area contributed by atoms with Gasteiger partial charge in [-0.05, 0) is 29.3 Å². The zero-order chi connectivity index (χ0) is 12.3. The van der Waals surface area contributed by atoms with E-state index in [1.54, 1.807) is 29.1 Å². The number of halogens is 1. The first kappa shape index (κ1) is 11.5. The van der Waals surface area contributed by atoms with Gasteiger partial charge < -0.3 is 14.5 Å². The molecule has 0 radical (unpaired) electrons. The Labute approximate surface area is 98.1 Å². The Morgan fingerprint density at radius 1 is 1.24 bits per heavy atom. The SMILES string of the molecule is O=C[C@@H](O)Cn1ccc(-c2ccc(F)cc2)c1. The molecule has 0 aliphatic carbocycles. The molecule has 0 saturated carbocycles. The van der Waals surface area contributed by atoms with Crippen molar-refractivity contribution in [3.63, 3.8) is 0 Å². The summed E-state index contributed by atoms with van der Waals surface area (Å²) in [5, 5.41) is 9.19. The summed E-state index contributed by atoms with van der Waals surface area (Å²) in [4.78, 5) is 10.3. The lowest BCUT2D eigenvalue weighted by Gasteiger charge is -2.03. The summed E-state index contributed by atoms with van der Waals surface area (Å²) in [6, 6.07) is 8.01. The number of nitrogens with zero attached hydrogens (tertiary/aromatic N) is 1. The highest BCUT2D eigenvalue weighted by Crippen LogP contribution is 2.19. The molecule has 0 spiro atoms. The van der Waals surface area contributed by atoms with Crippen LogP contribution in [0.25, 0.3) is 11.1 Å². The van der Waals surface area contributed by atoms with Crippen molar-refractivity contribution in [3.8, 4) is 11.1 Å². The number of aromatic nitrogens is 1. The largest absolute Gasteiger partial charge is 0.384 e. The molecule has 0 aliphatic rings. The Bertz CT molecular complexity index is 504. The van der Waals surface area contributed by atoms with Gasteiger partial charge in [-0.15, -0.1) is 0 Å². The van der Waals surface area contributed by atoms with E-state index in [1.165, 1.54) is 12.1 Å². The first-order valence-corrected chi connectivity index (χ1v) is 5.24. The molecule has 0 aliphatic heterocycles. The maximum Gasteiger partial charge on any atom is 0.150 e. The number of carbonyl (C=O) groups excluding carboxylic acids is 1. The number of benzene rings is 1. The van der Waals surface area contributed by atoms with E-state index in [1.807, 2.05) is 6.07 Å². The first-order chi connectivity index (χ1) is 8.19. The molecule has 0 bridgehead atoms. The van der Waals surface area contributed by atoms with Crippen LogP contribution in [0.1, 0.15) is 0 Å². The number of carbonyl (C=O) groups is 1. The van der Waals surface area contributed by atoms with Crippen molar-refractivity contribution in [2.75, 3.05) is 0 Å². The van der Waals surface area contributed by atoms with Gasteiger partial charge in [0.25, 0.3) is 0 Å². The fourth-order valence-corrected chi connectivity index (χ4v) is 1.63. The van der Waals surface area contributed by atoms with Gasteiger partial charge in [0.05, 0.1) is 6.54 Å². The number of hydrogen-bond donors (Lipinski definition) is 1. The summed E-state index contributed by atoms with van der Waals surface area (Å²) in [7, 11) is 0. The molecule has 3 nitrogen and oxygen atoms in total. The molecule has 0 saturated heterocycles. The zero-order valence-electron chi connectivity index (χ0n) is 9.08. The van der Waals surface area contributed by atoms with Gasteiger partial charge in [-0.25, -0.2) is 4.39 Å². The third-order valence-electron chi connectivity index (χ3n) is 2.48. The molecule has 2 rings (SSSR count). The highest BCUT2D eigenvalue weighted by Gasteiger charge is 2.04. The number of aliphatic hydroxyl groups excluding tert-OH is 1. The van der Waals surface area contributed by atoms with Gasteiger partial charge >= 0.3 is 0 Å². The minimum atomic E-state index is -0.997. The van der Waals surface area contributed by atoms with Gasteiger partial charge in [0.15, 0.2) is 0 Å². The van der Waals surface area contributed by atoms with Crippen LogP contribution in [0.2, 0.25) is 0 Å². The second-order valence-electron chi connectivity index (χ2n) is 3.81. The molecular formula is C13H12FNO2. The van der Waals surface area contributed by atoms with Gasteiger partial charge in [0.2, 0.25) is 0 Å².